The minimum absolute atomic E-state index is 0.108. The van der Waals surface area contributed by atoms with Crippen molar-refractivity contribution in [3.8, 4) is 5.75 Å². The van der Waals surface area contributed by atoms with E-state index in [2.05, 4.69) is 31.4 Å². The molecule has 2 N–H and O–H groups in total. The molecule has 0 spiro atoms. The Balaban J connectivity index is 1.67. The third-order valence-electron chi connectivity index (χ3n) is 3.77. The van der Waals surface area contributed by atoms with E-state index in [0.29, 0.717) is 18.7 Å². The fourth-order valence-electron chi connectivity index (χ4n) is 2.26. The fraction of sp³-hybridized carbons (Fsp3) is 0.350. The number of ether oxygens (including phenoxy) is 1. The molecule has 0 atom stereocenters. The molecule has 0 saturated heterocycles. The molecular weight excluding hydrogens is 319 g/mol. The molecule has 2 aromatic carbocycles. The Morgan fingerprint density at radius 2 is 1.72 bits per heavy atom. The second-order valence-corrected chi connectivity index (χ2v) is 6.82. The van der Waals surface area contributed by atoms with Gasteiger partial charge in [-0.05, 0) is 29.2 Å². The molecule has 2 amide bonds. The summed E-state index contributed by atoms with van der Waals surface area (Å²) in [5.74, 6) is 0.436. The lowest BCUT2D eigenvalue weighted by Gasteiger charge is -2.19. The van der Waals surface area contributed by atoms with Gasteiger partial charge in [0.1, 0.15) is 18.2 Å². The van der Waals surface area contributed by atoms with Crippen LogP contribution in [0.2, 0.25) is 0 Å². The summed E-state index contributed by atoms with van der Waals surface area (Å²) in [5.41, 5.74) is 1.80. The summed E-state index contributed by atoms with van der Waals surface area (Å²) in [5, 5.41) is 5.30. The van der Waals surface area contributed by atoms with Crippen LogP contribution >= 0.6 is 0 Å². The van der Waals surface area contributed by atoms with Gasteiger partial charge in [-0.25, -0.2) is 9.18 Å². The van der Waals surface area contributed by atoms with Gasteiger partial charge in [-0.3, -0.25) is 0 Å². The molecule has 0 unspecified atom stereocenters. The molecule has 0 bridgehead atoms. The number of carbonyl (C=O) groups excluding carboxylic acids is 1. The number of rotatable bonds is 6. The maximum absolute atomic E-state index is 13.4. The van der Waals surface area contributed by atoms with Gasteiger partial charge in [0, 0.05) is 12.1 Å². The van der Waals surface area contributed by atoms with E-state index in [1.807, 2.05) is 24.3 Å². The number of hydrogen-bond donors (Lipinski definition) is 2. The summed E-state index contributed by atoms with van der Waals surface area (Å²) in [6.07, 6.45) is 0. The Kier molecular flexibility index (Phi) is 6.39. The van der Waals surface area contributed by atoms with Crippen LogP contribution in [-0.4, -0.2) is 19.2 Å². The normalized spacial score (nSPS) is 11.0. The third kappa shape index (κ3) is 6.10. The predicted molar refractivity (Wildman–Crippen MR) is 97.3 cm³/mol. The van der Waals surface area contributed by atoms with Gasteiger partial charge in [-0.15, -0.1) is 0 Å². The molecule has 0 fully saturated rings. The SMILES string of the molecule is CC(C)(C)c1ccc(OCCNC(=O)NCc2ccccc2F)cc1. The van der Waals surface area contributed by atoms with Gasteiger partial charge in [0.25, 0.3) is 0 Å². The van der Waals surface area contributed by atoms with Crippen LogP contribution in [0.3, 0.4) is 0 Å². The Morgan fingerprint density at radius 1 is 1.04 bits per heavy atom. The predicted octanol–water partition coefficient (Wildman–Crippen LogP) is 4.00. The van der Waals surface area contributed by atoms with E-state index in [1.54, 1.807) is 18.2 Å². The number of benzene rings is 2. The lowest BCUT2D eigenvalue weighted by Crippen LogP contribution is -2.37. The first-order valence-corrected chi connectivity index (χ1v) is 8.35. The van der Waals surface area contributed by atoms with Gasteiger partial charge in [-0.2, -0.15) is 0 Å². The highest BCUT2D eigenvalue weighted by molar-refractivity contribution is 5.73. The summed E-state index contributed by atoms with van der Waals surface area (Å²) in [4.78, 5) is 11.7. The quantitative estimate of drug-likeness (QED) is 0.778. The maximum atomic E-state index is 13.4. The van der Waals surface area contributed by atoms with Gasteiger partial charge >= 0.3 is 6.03 Å². The summed E-state index contributed by atoms with van der Waals surface area (Å²) in [7, 11) is 0. The third-order valence-corrected chi connectivity index (χ3v) is 3.77. The van der Waals surface area contributed by atoms with Crippen molar-refractivity contribution >= 4 is 6.03 Å². The van der Waals surface area contributed by atoms with Crippen LogP contribution in [0.25, 0.3) is 0 Å². The highest BCUT2D eigenvalue weighted by Gasteiger charge is 2.12. The molecule has 5 heteroatoms. The Labute approximate surface area is 148 Å². The highest BCUT2D eigenvalue weighted by atomic mass is 19.1. The number of nitrogens with one attached hydrogen (secondary N) is 2. The molecule has 0 radical (unpaired) electrons. The topological polar surface area (TPSA) is 50.4 Å². The van der Waals surface area contributed by atoms with Crippen molar-refractivity contribution in [2.45, 2.75) is 32.7 Å². The average molecular weight is 344 g/mol. The van der Waals surface area contributed by atoms with Crippen molar-refractivity contribution in [2.75, 3.05) is 13.2 Å². The van der Waals surface area contributed by atoms with E-state index in [-0.39, 0.29) is 23.8 Å². The summed E-state index contributed by atoms with van der Waals surface area (Å²) in [6, 6.07) is 14.0. The first-order valence-electron chi connectivity index (χ1n) is 8.35. The molecule has 2 aromatic rings. The minimum atomic E-state index is -0.352. The smallest absolute Gasteiger partial charge is 0.315 e. The highest BCUT2D eigenvalue weighted by Crippen LogP contribution is 2.24. The van der Waals surface area contributed by atoms with Crippen LogP contribution in [0.5, 0.6) is 5.75 Å². The van der Waals surface area contributed by atoms with Crippen LogP contribution < -0.4 is 15.4 Å². The van der Waals surface area contributed by atoms with Gasteiger partial charge in [0.05, 0.1) is 6.54 Å². The zero-order valence-corrected chi connectivity index (χ0v) is 14.9. The van der Waals surface area contributed by atoms with Gasteiger partial charge in [-0.1, -0.05) is 51.1 Å². The average Bonchev–Trinajstić information content (AvgIpc) is 2.57. The zero-order valence-electron chi connectivity index (χ0n) is 14.9. The van der Waals surface area contributed by atoms with Crippen molar-refractivity contribution < 1.29 is 13.9 Å². The Morgan fingerprint density at radius 3 is 2.36 bits per heavy atom. The molecule has 0 aromatic heterocycles. The second kappa shape index (κ2) is 8.51. The molecule has 134 valence electrons. The summed E-state index contributed by atoms with van der Waals surface area (Å²) < 4.78 is 19.0. The first-order chi connectivity index (χ1) is 11.9. The first kappa shape index (κ1) is 18.8. The standard InChI is InChI=1S/C20H25FN2O2/c1-20(2,3)16-8-10-17(11-9-16)25-13-12-22-19(24)23-14-15-6-4-5-7-18(15)21/h4-11H,12-14H2,1-3H3,(H2,22,23,24). The fourth-order valence-corrected chi connectivity index (χ4v) is 2.26. The molecular formula is C20H25FN2O2. The van der Waals surface area contributed by atoms with E-state index < -0.39 is 0 Å². The molecule has 4 nitrogen and oxygen atoms in total. The molecule has 0 heterocycles. The monoisotopic (exact) mass is 344 g/mol. The summed E-state index contributed by atoms with van der Waals surface area (Å²) >= 11 is 0. The number of amides is 2. The molecule has 0 saturated carbocycles. The van der Waals surface area contributed by atoms with Gasteiger partial charge in [0.2, 0.25) is 0 Å². The maximum Gasteiger partial charge on any atom is 0.315 e. The van der Waals surface area contributed by atoms with Gasteiger partial charge < -0.3 is 15.4 Å². The summed E-state index contributed by atoms with van der Waals surface area (Å²) in [6.45, 7) is 7.35. The second-order valence-electron chi connectivity index (χ2n) is 6.82. The van der Waals surface area contributed by atoms with Crippen molar-refractivity contribution in [3.05, 3.63) is 65.5 Å². The van der Waals surface area contributed by atoms with Crippen molar-refractivity contribution in [1.29, 1.82) is 0 Å². The minimum Gasteiger partial charge on any atom is -0.492 e. The molecule has 0 aliphatic carbocycles. The van der Waals surface area contributed by atoms with E-state index in [0.717, 1.165) is 5.75 Å². The van der Waals surface area contributed by atoms with Crippen LogP contribution in [-0.2, 0) is 12.0 Å². The molecule has 0 aliphatic rings. The van der Waals surface area contributed by atoms with Crippen LogP contribution in [0.4, 0.5) is 9.18 Å². The van der Waals surface area contributed by atoms with Crippen LogP contribution in [0.1, 0.15) is 31.9 Å². The number of halogens is 1. The van der Waals surface area contributed by atoms with Gasteiger partial charge in [0.15, 0.2) is 0 Å². The molecule has 2 rings (SSSR count). The lowest BCUT2D eigenvalue weighted by molar-refractivity contribution is 0.236. The number of hydrogen-bond acceptors (Lipinski definition) is 2. The van der Waals surface area contributed by atoms with Crippen molar-refractivity contribution in [3.63, 3.8) is 0 Å². The number of carbonyl (C=O) groups is 1. The van der Waals surface area contributed by atoms with Crippen molar-refractivity contribution in [1.82, 2.24) is 10.6 Å². The zero-order chi connectivity index (χ0) is 18.3. The molecule has 0 aliphatic heterocycles. The van der Waals surface area contributed by atoms with Crippen LogP contribution in [0, 0.1) is 5.82 Å². The molecule has 25 heavy (non-hydrogen) atoms. The van der Waals surface area contributed by atoms with Crippen molar-refractivity contribution in [2.24, 2.45) is 0 Å². The van der Waals surface area contributed by atoms with E-state index in [9.17, 15) is 9.18 Å². The van der Waals surface area contributed by atoms with E-state index in [1.165, 1.54) is 11.6 Å². The largest absolute Gasteiger partial charge is 0.492 e. The lowest BCUT2D eigenvalue weighted by atomic mass is 9.87. The Hall–Kier alpha value is -2.56. The van der Waals surface area contributed by atoms with E-state index in [4.69, 9.17) is 4.74 Å². The van der Waals surface area contributed by atoms with Crippen LogP contribution in [0.15, 0.2) is 48.5 Å². The Bertz CT molecular complexity index is 694. The number of urea groups is 1. The van der Waals surface area contributed by atoms with E-state index >= 15 is 0 Å².